The van der Waals surface area contributed by atoms with Gasteiger partial charge in [-0.05, 0) is 68.3 Å². The average molecular weight is 413 g/mol. The Balaban J connectivity index is 1.24. The smallest absolute Gasteiger partial charge is 0.117 e. The lowest BCUT2D eigenvalue weighted by Crippen LogP contribution is -2.54. The van der Waals surface area contributed by atoms with E-state index in [1.807, 2.05) is 4.80 Å². The summed E-state index contributed by atoms with van der Waals surface area (Å²) < 4.78 is 0. The maximum atomic E-state index is 4.95. The fourth-order valence-electron chi connectivity index (χ4n) is 6.72. The van der Waals surface area contributed by atoms with Gasteiger partial charge in [0.25, 0.3) is 0 Å². The molecule has 3 aromatic rings. The maximum absolute atomic E-state index is 4.95. The zero-order valence-corrected chi connectivity index (χ0v) is 18.4. The molecule has 1 aromatic heterocycles. The van der Waals surface area contributed by atoms with Gasteiger partial charge in [-0.1, -0.05) is 60.2 Å². The fraction of sp³-hybridized carbons (Fsp3) is 0.481. The normalized spacial score (nSPS) is 28.9. The maximum Gasteiger partial charge on any atom is 0.117 e. The van der Waals surface area contributed by atoms with Crippen molar-refractivity contribution in [2.75, 3.05) is 0 Å². The summed E-state index contributed by atoms with van der Waals surface area (Å²) in [5.41, 5.74) is 5.76. The number of aryl methyl sites for hydroxylation is 1. The second kappa shape index (κ2) is 7.90. The summed E-state index contributed by atoms with van der Waals surface area (Å²) in [4.78, 5) is 1.88. The van der Waals surface area contributed by atoms with Crippen LogP contribution in [0.4, 0.5) is 0 Å². The number of aromatic nitrogens is 3. The summed E-state index contributed by atoms with van der Waals surface area (Å²) in [6.07, 6.45) is 7.27. The summed E-state index contributed by atoms with van der Waals surface area (Å²) in [6, 6.07) is 19.9. The average Bonchev–Trinajstić information content (AvgIpc) is 3.17. The monoisotopic (exact) mass is 412 g/mol. The van der Waals surface area contributed by atoms with Gasteiger partial charge < -0.3 is 5.32 Å². The van der Waals surface area contributed by atoms with Crippen molar-refractivity contribution in [3.05, 3.63) is 71.4 Å². The predicted molar refractivity (Wildman–Crippen MR) is 123 cm³/mol. The molecule has 0 radical (unpaired) electrons. The minimum absolute atomic E-state index is 0.665. The highest BCUT2D eigenvalue weighted by molar-refractivity contribution is 5.60. The molecule has 1 heterocycles. The molecule has 4 nitrogen and oxygen atoms in total. The van der Waals surface area contributed by atoms with Crippen LogP contribution in [0.3, 0.4) is 0 Å². The van der Waals surface area contributed by atoms with Crippen LogP contribution in [-0.2, 0) is 13.1 Å². The molecule has 4 aliphatic rings. The minimum Gasteiger partial charge on any atom is -0.308 e. The highest BCUT2D eigenvalue weighted by Crippen LogP contribution is 2.53. The first kappa shape index (κ1) is 19.2. The molecule has 0 unspecified atom stereocenters. The van der Waals surface area contributed by atoms with Crippen LogP contribution in [0.2, 0.25) is 0 Å². The second-order valence-electron chi connectivity index (χ2n) is 10.2. The van der Waals surface area contributed by atoms with Crippen molar-refractivity contribution in [3.8, 4) is 11.3 Å². The third-order valence-corrected chi connectivity index (χ3v) is 7.95. The Morgan fingerprint density at radius 1 is 0.839 bits per heavy atom. The van der Waals surface area contributed by atoms with E-state index in [1.54, 1.807) is 0 Å². The highest BCUT2D eigenvalue weighted by Gasteiger charge is 2.47. The Morgan fingerprint density at radius 2 is 1.52 bits per heavy atom. The number of nitrogens with zero attached hydrogens (tertiary/aromatic N) is 3. The Hall–Kier alpha value is -2.46. The van der Waals surface area contributed by atoms with Gasteiger partial charge in [0.05, 0.1) is 6.54 Å². The van der Waals surface area contributed by atoms with Gasteiger partial charge in [0.1, 0.15) is 11.4 Å². The first-order chi connectivity index (χ1) is 15.2. The van der Waals surface area contributed by atoms with Crippen LogP contribution in [0.25, 0.3) is 11.3 Å². The van der Waals surface area contributed by atoms with Gasteiger partial charge in [-0.3, -0.25) is 0 Å². The van der Waals surface area contributed by atoms with Gasteiger partial charge >= 0.3 is 0 Å². The first-order valence-electron chi connectivity index (χ1n) is 12.0. The van der Waals surface area contributed by atoms with E-state index in [1.165, 1.54) is 43.2 Å². The summed E-state index contributed by atoms with van der Waals surface area (Å²) in [5.74, 6) is 3.77. The van der Waals surface area contributed by atoms with Crippen molar-refractivity contribution in [3.63, 3.8) is 0 Å². The van der Waals surface area contributed by atoms with E-state index in [9.17, 15) is 0 Å². The molecule has 0 atom stereocenters. The van der Waals surface area contributed by atoms with Crippen LogP contribution in [0.15, 0.2) is 54.6 Å². The van der Waals surface area contributed by atoms with E-state index in [0.717, 1.165) is 47.2 Å². The molecule has 1 N–H and O–H groups in total. The van der Waals surface area contributed by atoms with Gasteiger partial charge in [0, 0.05) is 18.2 Å². The van der Waals surface area contributed by atoms with Gasteiger partial charge in [0.15, 0.2) is 0 Å². The van der Waals surface area contributed by atoms with E-state index in [4.69, 9.17) is 10.2 Å². The van der Waals surface area contributed by atoms with Crippen molar-refractivity contribution < 1.29 is 0 Å². The molecule has 31 heavy (non-hydrogen) atoms. The van der Waals surface area contributed by atoms with E-state index in [0.29, 0.717) is 12.6 Å². The van der Waals surface area contributed by atoms with Crippen LogP contribution in [0, 0.1) is 30.6 Å². The minimum atomic E-state index is 0.665. The third kappa shape index (κ3) is 3.82. The molecule has 4 saturated carbocycles. The number of benzene rings is 2. The molecule has 0 saturated heterocycles. The lowest BCUT2D eigenvalue weighted by Gasteiger charge is -2.54. The first-order valence-corrected chi connectivity index (χ1v) is 12.0. The largest absolute Gasteiger partial charge is 0.308 e. The van der Waals surface area contributed by atoms with Crippen LogP contribution in [-0.4, -0.2) is 21.0 Å². The Kier molecular flexibility index (Phi) is 4.91. The standard InChI is InChI=1S/C27H32N4/c1-18-7-9-19(10-8-18)17-31-29-25(27(30-31)22-5-3-2-4-6-22)16-28-26-23-12-20-11-21(14-23)15-24(26)13-20/h2-10,20-21,23-24,26,28H,11-17H2,1H3. The lowest BCUT2D eigenvalue weighted by atomic mass is 9.54. The van der Waals surface area contributed by atoms with Gasteiger partial charge in [-0.25, -0.2) is 0 Å². The quantitative estimate of drug-likeness (QED) is 0.604. The molecular formula is C27H32N4. The zero-order chi connectivity index (χ0) is 20.8. The Morgan fingerprint density at radius 3 is 2.19 bits per heavy atom. The topological polar surface area (TPSA) is 42.7 Å². The third-order valence-electron chi connectivity index (χ3n) is 7.95. The van der Waals surface area contributed by atoms with Crippen molar-refractivity contribution in [1.82, 2.24) is 20.3 Å². The van der Waals surface area contributed by atoms with E-state index in [-0.39, 0.29) is 0 Å². The van der Waals surface area contributed by atoms with Crippen LogP contribution in [0.1, 0.15) is 48.9 Å². The summed E-state index contributed by atoms with van der Waals surface area (Å²) in [6.45, 7) is 3.64. The zero-order valence-electron chi connectivity index (χ0n) is 18.4. The molecule has 2 aromatic carbocycles. The molecule has 4 heteroatoms. The molecule has 4 bridgehead atoms. The molecule has 4 aliphatic carbocycles. The number of nitrogens with one attached hydrogen (secondary N) is 1. The van der Waals surface area contributed by atoms with Crippen molar-refractivity contribution in [2.45, 2.75) is 58.2 Å². The molecular weight excluding hydrogens is 380 g/mol. The highest BCUT2D eigenvalue weighted by atomic mass is 15.5. The van der Waals surface area contributed by atoms with E-state index in [2.05, 4.69) is 66.8 Å². The van der Waals surface area contributed by atoms with Crippen LogP contribution >= 0.6 is 0 Å². The number of rotatable bonds is 6. The van der Waals surface area contributed by atoms with Crippen LogP contribution in [0.5, 0.6) is 0 Å². The Bertz CT molecular complexity index is 1010. The molecule has 7 rings (SSSR count). The van der Waals surface area contributed by atoms with E-state index < -0.39 is 0 Å². The second-order valence-corrected chi connectivity index (χ2v) is 10.2. The van der Waals surface area contributed by atoms with E-state index >= 15 is 0 Å². The van der Waals surface area contributed by atoms with Gasteiger partial charge in [-0.2, -0.15) is 15.0 Å². The molecule has 0 spiro atoms. The fourth-order valence-corrected chi connectivity index (χ4v) is 6.72. The molecule has 160 valence electrons. The number of hydrogen-bond acceptors (Lipinski definition) is 3. The molecule has 4 fully saturated rings. The summed E-state index contributed by atoms with van der Waals surface area (Å²) in [7, 11) is 0. The van der Waals surface area contributed by atoms with Gasteiger partial charge in [-0.15, -0.1) is 0 Å². The predicted octanol–water partition coefficient (Wildman–Crippen LogP) is 5.22. The molecule has 0 aliphatic heterocycles. The lowest BCUT2D eigenvalue weighted by molar-refractivity contribution is -0.0143. The van der Waals surface area contributed by atoms with Crippen molar-refractivity contribution in [1.29, 1.82) is 0 Å². The summed E-state index contributed by atoms with van der Waals surface area (Å²) in [5, 5.41) is 13.8. The van der Waals surface area contributed by atoms with Crippen molar-refractivity contribution in [2.24, 2.45) is 23.7 Å². The van der Waals surface area contributed by atoms with Crippen LogP contribution < -0.4 is 5.32 Å². The molecule has 0 amide bonds. The Labute approximate surface area is 185 Å². The van der Waals surface area contributed by atoms with Gasteiger partial charge in [0.2, 0.25) is 0 Å². The SMILES string of the molecule is Cc1ccc(Cn2nc(CNC3C4CC5CC(C4)CC3C5)c(-c3ccccc3)n2)cc1. The van der Waals surface area contributed by atoms with Crippen molar-refractivity contribution >= 4 is 0 Å². The number of hydrogen-bond donors (Lipinski definition) is 1. The summed E-state index contributed by atoms with van der Waals surface area (Å²) >= 11 is 0.